The van der Waals surface area contributed by atoms with Crippen LogP contribution in [-0.2, 0) is 9.47 Å². The van der Waals surface area contributed by atoms with Crippen LogP contribution in [-0.4, -0.2) is 47.5 Å². The van der Waals surface area contributed by atoms with Gasteiger partial charge >= 0.3 is 6.09 Å². The van der Waals surface area contributed by atoms with Gasteiger partial charge in [-0.15, -0.1) is 0 Å². The third-order valence-corrected chi connectivity index (χ3v) is 1.98. The Morgan fingerprint density at radius 3 is 2.71 bits per heavy atom. The monoisotopic (exact) mass is 205 g/mol. The molecule has 1 amide bonds. The Balaban J connectivity index is 2.50. The topological polar surface area (TPSA) is 88.0 Å². The van der Waals surface area contributed by atoms with Gasteiger partial charge < -0.3 is 25.0 Å². The summed E-state index contributed by atoms with van der Waals surface area (Å²) in [6.45, 7) is 3.44. The van der Waals surface area contributed by atoms with Crippen molar-refractivity contribution in [2.75, 3.05) is 13.2 Å². The lowest BCUT2D eigenvalue weighted by Gasteiger charge is -2.22. The highest BCUT2D eigenvalue weighted by Gasteiger charge is 2.37. The molecule has 2 atom stereocenters. The van der Waals surface area contributed by atoms with Gasteiger partial charge in [-0.1, -0.05) is 0 Å². The molecule has 3 N–H and O–H groups in total. The second-order valence-corrected chi connectivity index (χ2v) is 3.61. The van der Waals surface area contributed by atoms with Crippen LogP contribution in [0.1, 0.15) is 13.8 Å². The van der Waals surface area contributed by atoms with Crippen molar-refractivity contribution >= 4 is 6.09 Å². The third-order valence-electron chi connectivity index (χ3n) is 1.98. The largest absolute Gasteiger partial charge is 0.465 e. The number of rotatable bonds is 3. The Morgan fingerprint density at radius 2 is 2.36 bits per heavy atom. The van der Waals surface area contributed by atoms with Gasteiger partial charge in [0.15, 0.2) is 5.79 Å². The van der Waals surface area contributed by atoms with Gasteiger partial charge in [-0.3, -0.25) is 0 Å². The molecule has 1 aliphatic heterocycles. The van der Waals surface area contributed by atoms with Crippen LogP contribution < -0.4 is 5.32 Å². The first-order valence-electron chi connectivity index (χ1n) is 4.37. The molecule has 6 heteroatoms. The fourth-order valence-electron chi connectivity index (χ4n) is 1.33. The molecule has 0 aliphatic carbocycles. The molecular weight excluding hydrogens is 190 g/mol. The number of aliphatic hydroxyl groups is 1. The minimum absolute atomic E-state index is 0.276. The molecule has 0 spiro atoms. The number of nitrogens with one attached hydrogen (secondary N) is 1. The molecule has 14 heavy (non-hydrogen) atoms. The Hall–Kier alpha value is -0.850. The van der Waals surface area contributed by atoms with Crippen molar-refractivity contribution in [2.45, 2.75) is 31.8 Å². The van der Waals surface area contributed by atoms with Crippen molar-refractivity contribution in [1.82, 2.24) is 5.32 Å². The van der Waals surface area contributed by atoms with Crippen molar-refractivity contribution in [2.24, 2.45) is 0 Å². The Labute approximate surface area is 81.8 Å². The van der Waals surface area contributed by atoms with E-state index in [0.29, 0.717) is 0 Å². The Bertz CT molecular complexity index is 218. The molecule has 0 saturated carbocycles. The third kappa shape index (κ3) is 2.83. The molecular formula is C8H15NO5. The lowest BCUT2D eigenvalue weighted by atomic mass is 10.2. The predicted octanol–water partition coefficient (Wildman–Crippen LogP) is -0.234. The smallest absolute Gasteiger partial charge is 0.405 e. The number of carbonyl (C=O) groups is 1. The molecule has 0 unspecified atom stereocenters. The molecule has 1 heterocycles. The number of hydrogen-bond donors (Lipinski definition) is 3. The second-order valence-electron chi connectivity index (χ2n) is 3.61. The molecule has 1 saturated heterocycles. The van der Waals surface area contributed by atoms with Crippen LogP contribution in [0.5, 0.6) is 0 Å². The summed E-state index contributed by atoms with van der Waals surface area (Å²) in [6.07, 6.45) is -1.62. The van der Waals surface area contributed by atoms with Crippen molar-refractivity contribution in [3.8, 4) is 0 Å². The average Bonchev–Trinajstić information content (AvgIpc) is 2.41. The normalized spacial score (nSPS) is 27.2. The molecule has 0 aromatic heterocycles. The minimum Gasteiger partial charge on any atom is -0.465 e. The Kier molecular flexibility index (Phi) is 3.30. The number of carboxylic acid groups (broad SMARTS) is 1. The first-order valence-corrected chi connectivity index (χ1v) is 4.37. The molecule has 0 aromatic carbocycles. The molecule has 1 fully saturated rings. The molecule has 0 bridgehead atoms. The number of aliphatic hydroxyl groups excluding tert-OH is 1. The van der Waals surface area contributed by atoms with Crippen molar-refractivity contribution in [1.29, 1.82) is 0 Å². The van der Waals surface area contributed by atoms with E-state index in [4.69, 9.17) is 19.7 Å². The molecule has 0 aromatic rings. The van der Waals surface area contributed by atoms with E-state index in [-0.39, 0.29) is 13.2 Å². The maximum absolute atomic E-state index is 10.4. The van der Waals surface area contributed by atoms with Crippen LogP contribution in [0.3, 0.4) is 0 Å². The highest BCUT2D eigenvalue weighted by Crippen LogP contribution is 2.23. The summed E-state index contributed by atoms with van der Waals surface area (Å²) >= 11 is 0. The first-order chi connectivity index (χ1) is 6.44. The SMILES string of the molecule is CC1(C)OC[C@@H]([C@H](CO)NC(=O)O)O1. The van der Waals surface area contributed by atoms with Crippen molar-refractivity contribution < 1.29 is 24.5 Å². The van der Waals surface area contributed by atoms with Gasteiger partial charge in [0.2, 0.25) is 0 Å². The summed E-state index contributed by atoms with van der Waals surface area (Å²) in [6, 6.07) is -0.644. The average molecular weight is 205 g/mol. The summed E-state index contributed by atoms with van der Waals surface area (Å²) in [4.78, 5) is 10.4. The molecule has 82 valence electrons. The minimum atomic E-state index is -1.18. The quantitative estimate of drug-likeness (QED) is 0.592. The van der Waals surface area contributed by atoms with Crippen LogP contribution in [0, 0.1) is 0 Å². The molecule has 0 radical (unpaired) electrons. The van der Waals surface area contributed by atoms with Gasteiger partial charge in [0.25, 0.3) is 0 Å². The summed E-state index contributed by atoms with van der Waals surface area (Å²) in [5.74, 6) is -0.710. The van der Waals surface area contributed by atoms with E-state index >= 15 is 0 Å². The second kappa shape index (κ2) is 4.12. The zero-order valence-electron chi connectivity index (χ0n) is 8.19. The number of amides is 1. The summed E-state index contributed by atoms with van der Waals surface area (Å²) in [7, 11) is 0. The zero-order valence-corrected chi connectivity index (χ0v) is 8.19. The fourth-order valence-corrected chi connectivity index (χ4v) is 1.33. The number of hydrogen-bond acceptors (Lipinski definition) is 4. The summed E-state index contributed by atoms with van der Waals surface area (Å²) in [5.41, 5.74) is 0. The van der Waals surface area contributed by atoms with Gasteiger partial charge in [-0.2, -0.15) is 0 Å². The predicted molar refractivity (Wildman–Crippen MR) is 46.9 cm³/mol. The van der Waals surface area contributed by atoms with Gasteiger partial charge in [0, 0.05) is 0 Å². The van der Waals surface area contributed by atoms with Crippen LogP contribution >= 0.6 is 0 Å². The highest BCUT2D eigenvalue weighted by molar-refractivity contribution is 5.64. The lowest BCUT2D eigenvalue weighted by Crippen LogP contribution is -2.46. The fraction of sp³-hybridized carbons (Fsp3) is 0.875. The van der Waals surface area contributed by atoms with Gasteiger partial charge in [-0.25, -0.2) is 4.79 Å². The van der Waals surface area contributed by atoms with Crippen molar-refractivity contribution in [3.63, 3.8) is 0 Å². The highest BCUT2D eigenvalue weighted by atomic mass is 16.7. The Morgan fingerprint density at radius 1 is 1.71 bits per heavy atom. The van der Waals surface area contributed by atoms with Crippen LogP contribution in [0.2, 0.25) is 0 Å². The maximum atomic E-state index is 10.4. The summed E-state index contributed by atoms with van der Waals surface area (Å²) in [5, 5.41) is 19.6. The van der Waals surface area contributed by atoms with Gasteiger partial charge in [-0.05, 0) is 13.8 Å². The standard InChI is InChI=1S/C8H15NO5/c1-8(2)13-4-6(14-8)5(3-10)9-7(11)12/h5-6,9-10H,3-4H2,1-2H3,(H,11,12)/t5-,6-/m0/s1. The molecule has 1 aliphatic rings. The van der Waals surface area contributed by atoms with Crippen LogP contribution in [0.4, 0.5) is 4.79 Å². The van der Waals surface area contributed by atoms with Crippen molar-refractivity contribution in [3.05, 3.63) is 0 Å². The van der Waals surface area contributed by atoms with Gasteiger partial charge in [0.1, 0.15) is 6.10 Å². The lowest BCUT2D eigenvalue weighted by molar-refractivity contribution is -0.142. The van der Waals surface area contributed by atoms with Crippen LogP contribution in [0.25, 0.3) is 0 Å². The van der Waals surface area contributed by atoms with E-state index in [1.807, 2.05) is 0 Å². The summed E-state index contributed by atoms with van der Waals surface area (Å²) < 4.78 is 10.6. The van der Waals surface area contributed by atoms with E-state index in [2.05, 4.69) is 5.32 Å². The van der Waals surface area contributed by atoms with E-state index in [1.165, 1.54) is 0 Å². The van der Waals surface area contributed by atoms with E-state index in [0.717, 1.165) is 0 Å². The van der Waals surface area contributed by atoms with Gasteiger partial charge in [0.05, 0.1) is 19.3 Å². The zero-order chi connectivity index (χ0) is 10.8. The molecule has 6 nitrogen and oxygen atoms in total. The van der Waals surface area contributed by atoms with Crippen LogP contribution in [0.15, 0.2) is 0 Å². The maximum Gasteiger partial charge on any atom is 0.405 e. The first kappa shape index (κ1) is 11.2. The van der Waals surface area contributed by atoms with E-state index in [9.17, 15) is 4.79 Å². The number of ether oxygens (including phenoxy) is 2. The van der Waals surface area contributed by atoms with E-state index < -0.39 is 24.0 Å². The molecule has 1 rings (SSSR count). The van der Waals surface area contributed by atoms with E-state index in [1.54, 1.807) is 13.8 Å².